The van der Waals surface area contributed by atoms with Crippen LogP contribution in [0.25, 0.3) is 0 Å². The van der Waals surface area contributed by atoms with Gasteiger partial charge in [-0.15, -0.1) is 6.42 Å². The third-order valence-corrected chi connectivity index (χ3v) is 0.586. The molecule has 0 saturated heterocycles. The first-order valence-corrected chi connectivity index (χ1v) is 2.01. The molecule has 1 aliphatic rings. The van der Waals surface area contributed by atoms with Crippen molar-refractivity contribution in [1.82, 2.24) is 0 Å². The quantitative estimate of drug-likeness (QED) is 0.608. The van der Waals surface area contributed by atoms with E-state index in [1.54, 1.807) is 0 Å². The SMILES string of the molecule is C=O.[C-]1=CC=CC1.[Re]. The van der Waals surface area contributed by atoms with Crippen molar-refractivity contribution in [2.75, 3.05) is 0 Å². The van der Waals surface area contributed by atoms with Gasteiger partial charge < -0.3 is 4.79 Å². The van der Waals surface area contributed by atoms with E-state index in [1.807, 2.05) is 18.9 Å². The summed E-state index contributed by atoms with van der Waals surface area (Å²) >= 11 is 0. The van der Waals surface area contributed by atoms with Gasteiger partial charge in [0.1, 0.15) is 6.79 Å². The van der Waals surface area contributed by atoms with Gasteiger partial charge >= 0.3 is 0 Å². The molecule has 1 rings (SSSR count). The molecule has 0 saturated carbocycles. The van der Waals surface area contributed by atoms with Crippen LogP contribution in [0, 0.1) is 6.08 Å². The smallest absolute Gasteiger partial charge is 0.106 e. The first-order valence-electron chi connectivity index (χ1n) is 2.01. The Morgan fingerprint density at radius 2 is 2.12 bits per heavy atom. The summed E-state index contributed by atoms with van der Waals surface area (Å²) < 4.78 is 0. The van der Waals surface area contributed by atoms with E-state index in [1.165, 1.54) is 0 Å². The molecule has 0 aromatic carbocycles. The summed E-state index contributed by atoms with van der Waals surface area (Å²) in [6.07, 6.45) is 10.0. The minimum Gasteiger partial charge on any atom is -0.307 e. The van der Waals surface area contributed by atoms with Crippen LogP contribution in [0.15, 0.2) is 18.2 Å². The van der Waals surface area contributed by atoms with Crippen molar-refractivity contribution < 1.29 is 25.2 Å². The molecule has 0 aliphatic heterocycles. The van der Waals surface area contributed by atoms with Crippen molar-refractivity contribution in [3.63, 3.8) is 0 Å². The van der Waals surface area contributed by atoms with Gasteiger partial charge in [-0.2, -0.15) is 6.08 Å². The summed E-state index contributed by atoms with van der Waals surface area (Å²) in [5, 5.41) is 0. The Kier molecular flexibility index (Phi) is 13.3. The van der Waals surface area contributed by atoms with Crippen molar-refractivity contribution in [1.29, 1.82) is 0 Å². The summed E-state index contributed by atoms with van der Waals surface area (Å²) in [6.45, 7) is 2.00. The number of hydrogen-bond donors (Lipinski definition) is 0. The summed E-state index contributed by atoms with van der Waals surface area (Å²) in [6, 6.07) is 0. The van der Waals surface area contributed by atoms with Crippen LogP contribution in [0.4, 0.5) is 0 Å². The minimum absolute atomic E-state index is 0. The molecule has 0 fully saturated rings. The normalized spacial score (nSPS) is 11.5. The third kappa shape index (κ3) is 5.81. The number of allylic oxidation sites excluding steroid dienone is 4. The van der Waals surface area contributed by atoms with E-state index < -0.39 is 0 Å². The molecular weight excluding hydrogens is 274 g/mol. The average molecular weight is 281 g/mol. The average Bonchev–Trinajstić information content (AvgIpc) is 2.23. The molecule has 0 bridgehead atoms. The van der Waals surface area contributed by atoms with E-state index in [-0.39, 0.29) is 20.4 Å². The molecule has 0 unspecified atom stereocenters. The van der Waals surface area contributed by atoms with Crippen LogP contribution in [-0.2, 0) is 25.2 Å². The maximum absolute atomic E-state index is 8.00. The van der Waals surface area contributed by atoms with Crippen LogP contribution < -0.4 is 0 Å². The molecule has 0 N–H and O–H groups in total. The summed E-state index contributed by atoms with van der Waals surface area (Å²) in [4.78, 5) is 8.00. The van der Waals surface area contributed by atoms with Gasteiger partial charge in [-0.1, -0.05) is 0 Å². The molecule has 1 radical (unpaired) electrons. The first kappa shape index (κ1) is 10.7. The Balaban J connectivity index is 0. The molecule has 1 nitrogen and oxygen atoms in total. The van der Waals surface area contributed by atoms with Crippen molar-refractivity contribution in [2.45, 2.75) is 6.42 Å². The zero-order valence-electron chi connectivity index (χ0n) is 4.43. The fourth-order valence-corrected chi connectivity index (χ4v) is 0.340. The summed E-state index contributed by atoms with van der Waals surface area (Å²) in [5.41, 5.74) is 0. The van der Waals surface area contributed by atoms with Gasteiger partial charge in [0.05, 0.1) is 0 Å². The van der Waals surface area contributed by atoms with Crippen LogP contribution in [0.5, 0.6) is 0 Å². The van der Waals surface area contributed by atoms with E-state index >= 15 is 0 Å². The minimum atomic E-state index is 0. The number of carbonyl (C=O) groups excluding carboxylic acids is 1. The largest absolute Gasteiger partial charge is 0.307 e. The zero-order chi connectivity index (χ0) is 5.54. The van der Waals surface area contributed by atoms with E-state index in [4.69, 9.17) is 4.79 Å². The van der Waals surface area contributed by atoms with Crippen LogP contribution >= 0.6 is 0 Å². The maximum Gasteiger partial charge on any atom is 0.106 e. The molecule has 0 aromatic rings. The standard InChI is InChI=1S/C5H5.CH2O.Re/c1-2-4-5-3-1;1-2;/h1-3H,4H2;1H2;/q-1;;. The molecule has 0 spiro atoms. The second kappa shape index (κ2) is 9.94. The van der Waals surface area contributed by atoms with Crippen molar-refractivity contribution in [2.24, 2.45) is 0 Å². The third-order valence-electron chi connectivity index (χ3n) is 0.586. The van der Waals surface area contributed by atoms with Crippen LogP contribution in [0.2, 0.25) is 0 Å². The second-order valence-corrected chi connectivity index (χ2v) is 1.00. The van der Waals surface area contributed by atoms with Crippen molar-refractivity contribution >= 4 is 6.79 Å². The van der Waals surface area contributed by atoms with Gasteiger partial charge in [0.25, 0.3) is 0 Å². The maximum atomic E-state index is 8.00. The van der Waals surface area contributed by atoms with E-state index in [0.717, 1.165) is 6.42 Å². The van der Waals surface area contributed by atoms with Crippen LogP contribution in [0.3, 0.4) is 0 Å². The van der Waals surface area contributed by atoms with Crippen molar-refractivity contribution in [3.05, 3.63) is 24.3 Å². The van der Waals surface area contributed by atoms with Crippen LogP contribution in [-0.4, -0.2) is 6.79 Å². The van der Waals surface area contributed by atoms with E-state index in [0.29, 0.717) is 0 Å². The molecule has 0 aromatic heterocycles. The fourth-order valence-electron chi connectivity index (χ4n) is 0.340. The van der Waals surface area contributed by atoms with Crippen molar-refractivity contribution in [3.8, 4) is 0 Å². The number of rotatable bonds is 0. The molecule has 1 aliphatic carbocycles. The fraction of sp³-hybridized carbons (Fsp3) is 0.167. The predicted octanol–water partition coefficient (Wildman–Crippen LogP) is 1.12. The van der Waals surface area contributed by atoms with Gasteiger partial charge in [-0.3, -0.25) is 6.08 Å². The Morgan fingerprint density at radius 3 is 2.25 bits per heavy atom. The number of hydrogen-bond acceptors (Lipinski definition) is 1. The topological polar surface area (TPSA) is 17.1 Å². The van der Waals surface area contributed by atoms with Gasteiger partial charge in [0, 0.05) is 20.4 Å². The second-order valence-electron chi connectivity index (χ2n) is 1.00. The van der Waals surface area contributed by atoms with E-state index in [2.05, 4.69) is 12.2 Å². The van der Waals surface area contributed by atoms with Crippen LogP contribution in [0.1, 0.15) is 6.42 Å². The summed E-state index contributed by atoms with van der Waals surface area (Å²) in [5.74, 6) is 0. The first-order chi connectivity index (χ1) is 3.50. The Hall–Kier alpha value is -0.188. The molecule has 2 heteroatoms. The molecular formula is C6H7ORe-. The molecule has 45 valence electrons. The molecule has 8 heavy (non-hydrogen) atoms. The Bertz CT molecular complexity index is 76.5. The monoisotopic (exact) mass is 282 g/mol. The summed E-state index contributed by atoms with van der Waals surface area (Å²) in [7, 11) is 0. The zero-order valence-corrected chi connectivity index (χ0v) is 7.15. The van der Waals surface area contributed by atoms with Gasteiger partial charge in [0.2, 0.25) is 0 Å². The molecule has 0 heterocycles. The van der Waals surface area contributed by atoms with Gasteiger partial charge in [-0.25, -0.2) is 12.2 Å². The molecule has 0 atom stereocenters. The predicted molar refractivity (Wildman–Crippen MR) is 28.7 cm³/mol. The van der Waals surface area contributed by atoms with Gasteiger partial charge in [0.15, 0.2) is 0 Å². The molecule has 0 amide bonds. The Labute approximate surface area is 63.1 Å². The van der Waals surface area contributed by atoms with E-state index in [9.17, 15) is 0 Å². The Morgan fingerprint density at radius 1 is 1.50 bits per heavy atom. The number of carbonyl (C=O) groups is 1. The van der Waals surface area contributed by atoms with Gasteiger partial charge in [-0.05, 0) is 0 Å².